The molecule has 1 N–H and O–H groups in total. The van der Waals surface area contributed by atoms with Crippen LogP contribution in [0.15, 0.2) is 35.9 Å². The first-order valence-electron chi connectivity index (χ1n) is 9.27. The van der Waals surface area contributed by atoms with E-state index in [1.165, 1.54) is 18.4 Å². The van der Waals surface area contributed by atoms with E-state index in [1.807, 2.05) is 19.1 Å². The molecule has 1 saturated heterocycles. The van der Waals surface area contributed by atoms with Crippen molar-refractivity contribution in [3.8, 4) is 0 Å². The van der Waals surface area contributed by atoms with Crippen LogP contribution in [0, 0.1) is 5.92 Å². The van der Waals surface area contributed by atoms with Gasteiger partial charge in [-0.2, -0.15) is 0 Å². The van der Waals surface area contributed by atoms with E-state index in [9.17, 15) is 9.90 Å². The Kier molecular flexibility index (Phi) is 4.37. The molecule has 26 heavy (non-hydrogen) atoms. The van der Waals surface area contributed by atoms with E-state index >= 15 is 0 Å². The summed E-state index contributed by atoms with van der Waals surface area (Å²) >= 11 is 0. The third-order valence-corrected chi connectivity index (χ3v) is 6.21. The summed E-state index contributed by atoms with van der Waals surface area (Å²) in [6.07, 6.45) is 3.02. The highest BCUT2D eigenvalue weighted by Crippen LogP contribution is 2.53. The van der Waals surface area contributed by atoms with Crippen molar-refractivity contribution in [2.45, 2.75) is 25.3 Å². The minimum absolute atomic E-state index is 0.137. The summed E-state index contributed by atoms with van der Waals surface area (Å²) in [4.78, 5) is 15.2. The topological polar surface area (TPSA) is 54.7 Å². The summed E-state index contributed by atoms with van der Waals surface area (Å²) in [5.74, 6) is -0.258. The van der Waals surface area contributed by atoms with Gasteiger partial charge in [0.2, 0.25) is 0 Å². The Balaban J connectivity index is 2.00. The van der Waals surface area contributed by atoms with Crippen molar-refractivity contribution in [1.82, 2.24) is 9.47 Å². The quantitative estimate of drug-likeness (QED) is 0.680. The summed E-state index contributed by atoms with van der Waals surface area (Å²) in [6.45, 7) is 3.61. The lowest BCUT2D eigenvalue weighted by molar-refractivity contribution is -0.144. The fourth-order valence-electron chi connectivity index (χ4n) is 5.09. The number of likely N-dealkylation sites (tertiary alicyclic amines) is 1. The number of aliphatic hydroxyl groups is 1. The Labute approximate surface area is 153 Å². The van der Waals surface area contributed by atoms with E-state index in [2.05, 4.69) is 34.7 Å². The third kappa shape index (κ3) is 2.34. The molecule has 3 atom stereocenters. The van der Waals surface area contributed by atoms with Crippen molar-refractivity contribution < 1.29 is 14.6 Å². The summed E-state index contributed by atoms with van der Waals surface area (Å²) in [5.41, 5.74) is 4.72. The maximum absolute atomic E-state index is 12.8. The minimum Gasteiger partial charge on any atom is -0.469 e. The average Bonchev–Trinajstić information content (AvgIpc) is 2.96. The fourth-order valence-corrected chi connectivity index (χ4v) is 5.09. The normalized spacial score (nSPS) is 26.9. The Hall–Kier alpha value is -2.11. The van der Waals surface area contributed by atoms with Crippen LogP contribution in [0.25, 0.3) is 10.9 Å². The number of para-hydroxylation sites is 1. The van der Waals surface area contributed by atoms with E-state index in [-0.39, 0.29) is 30.5 Å². The van der Waals surface area contributed by atoms with Gasteiger partial charge in [-0.25, -0.2) is 0 Å². The molecule has 2 aromatic rings. The largest absolute Gasteiger partial charge is 0.469 e. The monoisotopic (exact) mass is 354 g/mol. The number of aromatic nitrogens is 1. The Morgan fingerprint density at radius 3 is 2.85 bits per heavy atom. The van der Waals surface area contributed by atoms with Crippen LogP contribution in [-0.4, -0.2) is 47.3 Å². The van der Waals surface area contributed by atoms with E-state index in [1.54, 1.807) is 0 Å². The summed E-state index contributed by atoms with van der Waals surface area (Å²) < 4.78 is 7.46. The van der Waals surface area contributed by atoms with Gasteiger partial charge in [-0.05, 0) is 25.0 Å². The van der Waals surface area contributed by atoms with Gasteiger partial charge in [-0.15, -0.1) is 0 Å². The lowest BCUT2D eigenvalue weighted by Gasteiger charge is -2.47. The lowest BCUT2D eigenvalue weighted by atomic mass is 9.68. The molecule has 2 bridgehead atoms. The molecule has 1 aromatic carbocycles. The number of rotatable bonds is 3. The molecule has 0 radical (unpaired) electrons. The number of nitrogens with zero attached hydrogens (tertiary/aromatic N) is 2. The van der Waals surface area contributed by atoms with Crippen LogP contribution in [-0.2, 0) is 16.6 Å². The molecule has 5 heteroatoms. The van der Waals surface area contributed by atoms with Crippen molar-refractivity contribution in [1.29, 1.82) is 0 Å². The maximum atomic E-state index is 12.8. The van der Waals surface area contributed by atoms with Gasteiger partial charge in [0.15, 0.2) is 0 Å². The van der Waals surface area contributed by atoms with Gasteiger partial charge < -0.3 is 14.4 Å². The predicted octanol–water partition coefficient (Wildman–Crippen LogP) is 2.75. The molecule has 138 valence electrons. The van der Waals surface area contributed by atoms with Gasteiger partial charge in [-0.1, -0.05) is 29.8 Å². The van der Waals surface area contributed by atoms with Crippen LogP contribution in [0.1, 0.15) is 36.6 Å². The van der Waals surface area contributed by atoms with E-state index < -0.39 is 0 Å². The molecule has 2 aliphatic rings. The number of ether oxygens (including phenoxy) is 1. The number of carbonyl (C=O) groups excluding carboxylic acids is 1. The number of benzene rings is 1. The molecule has 2 heterocycles. The molecule has 1 fully saturated rings. The average molecular weight is 354 g/mol. The molecule has 1 aliphatic heterocycles. The predicted molar refractivity (Wildman–Crippen MR) is 101 cm³/mol. The molecular weight excluding hydrogens is 328 g/mol. The highest BCUT2D eigenvalue weighted by Gasteiger charge is 2.48. The number of methoxy groups -OCH3 is 1. The summed E-state index contributed by atoms with van der Waals surface area (Å²) in [7, 11) is 3.56. The second-order valence-corrected chi connectivity index (χ2v) is 7.29. The highest BCUT2D eigenvalue weighted by molar-refractivity contribution is 5.93. The van der Waals surface area contributed by atoms with Crippen molar-refractivity contribution in [3.05, 3.63) is 47.2 Å². The number of piperidine rings is 1. The zero-order valence-electron chi connectivity index (χ0n) is 15.6. The Bertz CT molecular complexity index is 883. The Morgan fingerprint density at radius 2 is 2.15 bits per heavy atom. The van der Waals surface area contributed by atoms with Crippen LogP contribution in [0.2, 0.25) is 0 Å². The zero-order chi connectivity index (χ0) is 18.4. The van der Waals surface area contributed by atoms with Crippen molar-refractivity contribution in [3.63, 3.8) is 0 Å². The number of fused-ring (bicyclic) bond motifs is 6. The number of allylic oxidation sites excluding steroid dienone is 1. The van der Waals surface area contributed by atoms with E-state index in [4.69, 9.17) is 4.74 Å². The smallest absolute Gasteiger partial charge is 0.313 e. The van der Waals surface area contributed by atoms with Crippen molar-refractivity contribution in [2.75, 3.05) is 26.8 Å². The number of hydrogen-bond donors (Lipinski definition) is 1. The molecule has 0 unspecified atom stereocenters. The highest BCUT2D eigenvalue weighted by atomic mass is 16.5. The van der Waals surface area contributed by atoms with Gasteiger partial charge in [0, 0.05) is 42.7 Å². The SMILES string of the molecule is C/C=C1/CN(CCO)[C@H]2C[C@@H]1[C@H](C(=O)OC)c1c2n(C)c2ccccc12. The van der Waals surface area contributed by atoms with Crippen LogP contribution in [0.5, 0.6) is 0 Å². The number of aryl methyl sites for hydroxylation is 1. The van der Waals surface area contributed by atoms with E-state index in [0.29, 0.717) is 6.54 Å². The van der Waals surface area contributed by atoms with Crippen LogP contribution in [0.3, 0.4) is 0 Å². The second-order valence-electron chi connectivity index (χ2n) is 7.29. The zero-order valence-corrected chi connectivity index (χ0v) is 15.6. The van der Waals surface area contributed by atoms with Gasteiger partial charge in [-0.3, -0.25) is 9.69 Å². The van der Waals surface area contributed by atoms with Crippen LogP contribution in [0.4, 0.5) is 0 Å². The van der Waals surface area contributed by atoms with Crippen LogP contribution >= 0.6 is 0 Å². The molecule has 0 saturated carbocycles. The molecule has 5 nitrogen and oxygen atoms in total. The number of β-amino-alcohol motifs (C(OH)–C–C–N with tert-alkyl or cyclic N) is 1. The van der Waals surface area contributed by atoms with Crippen molar-refractivity contribution >= 4 is 16.9 Å². The first-order valence-corrected chi connectivity index (χ1v) is 9.27. The van der Waals surface area contributed by atoms with Gasteiger partial charge in [0.05, 0.1) is 25.7 Å². The molecule has 1 aromatic heterocycles. The molecule has 0 spiro atoms. The van der Waals surface area contributed by atoms with Gasteiger partial charge in [0.1, 0.15) is 0 Å². The van der Waals surface area contributed by atoms with Crippen LogP contribution < -0.4 is 0 Å². The first kappa shape index (κ1) is 17.3. The van der Waals surface area contributed by atoms with E-state index in [0.717, 1.165) is 29.4 Å². The van der Waals surface area contributed by atoms with Gasteiger partial charge >= 0.3 is 5.97 Å². The van der Waals surface area contributed by atoms with Crippen molar-refractivity contribution in [2.24, 2.45) is 13.0 Å². The molecule has 1 aliphatic carbocycles. The number of hydrogen-bond acceptors (Lipinski definition) is 4. The number of esters is 1. The standard InChI is InChI=1S/C21H26N2O3/c1-4-13-12-23(9-10-24)17-11-15(13)19(21(25)26-3)18-14-7-5-6-8-16(14)22(2)20(17)18/h4-8,15,17,19,24H,9-12H2,1-3H3/b13-4-/t15-,17-,19-/m0/s1. The maximum Gasteiger partial charge on any atom is 0.313 e. The minimum atomic E-state index is -0.264. The molecule has 4 rings (SSSR count). The third-order valence-electron chi connectivity index (χ3n) is 6.21. The lowest BCUT2D eigenvalue weighted by Crippen LogP contribution is -2.46. The Morgan fingerprint density at radius 1 is 1.38 bits per heavy atom. The number of aliphatic hydroxyl groups excluding tert-OH is 1. The summed E-state index contributed by atoms with van der Waals surface area (Å²) in [5, 5.41) is 10.7. The molecular formula is C21H26N2O3. The fraction of sp³-hybridized carbons (Fsp3) is 0.476. The first-order chi connectivity index (χ1) is 12.6. The van der Waals surface area contributed by atoms with Gasteiger partial charge in [0.25, 0.3) is 0 Å². The molecule has 0 amide bonds. The summed E-state index contributed by atoms with van der Waals surface area (Å²) in [6, 6.07) is 8.50. The number of carbonyl (C=O) groups is 1. The second kappa shape index (κ2) is 6.56.